The molecule has 7 rings (SSSR count). The van der Waals surface area contributed by atoms with Crippen molar-refractivity contribution in [1.29, 1.82) is 5.26 Å². The highest BCUT2D eigenvalue weighted by Gasteiger charge is 2.36. The SMILES string of the molecule is N#CC1=CC2C(C=C1)N=CN2c1nc(N2CC(O)C2)c2[nH]c(=O)n([C@@H]3CC[C@@H](O)c4ccccc43)c2n1. The minimum Gasteiger partial charge on any atom is -0.389 e. The number of rotatable bonds is 3. The lowest BCUT2D eigenvalue weighted by atomic mass is 9.85. The first-order chi connectivity index (χ1) is 18.0. The summed E-state index contributed by atoms with van der Waals surface area (Å²) < 4.78 is 1.66. The van der Waals surface area contributed by atoms with Gasteiger partial charge in [-0.1, -0.05) is 30.3 Å². The minimum absolute atomic E-state index is 0.161. The largest absolute Gasteiger partial charge is 0.389 e. The molecule has 4 heterocycles. The summed E-state index contributed by atoms with van der Waals surface area (Å²) >= 11 is 0. The number of β-amino-alcohol motifs (C(OH)–C–C–N with tert-alkyl or cyclic N) is 1. The summed E-state index contributed by atoms with van der Waals surface area (Å²) in [5, 5.41) is 30.0. The number of imidazole rings is 1. The molecule has 2 aliphatic carbocycles. The highest BCUT2D eigenvalue weighted by atomic mass is 16.3. The van der Waals surface area contributed by atoms with Crippen molar-refractivity contribution in [2.45, 2.75) is 43.2 Å². The van der Waals surface area contributed by atoms with Crippen LogP contribution in [0, 0.1) is 11.3 Å². The summed E-state index contributed by atoms with van der Waals surface area (Å²) in [6.45, 7) is 0.803. The number of fused-ring (bicyclic) bond motifs is 3. The maximum atomic E-state index is 13.4. The first-order valence-electron chi connectivity index (χ1n) is 12.4. The molecule has 186 valence electrons. The van der Waals surface area contributed by atoms with Crippen LogP contribution >= 0.6 is 0 Å². The van der Waals surface area contributed by atoms with Crippen LogP contribution < -0.4 is 15.5 Å². The number of benzene rings is 1. The van der Waals surface area contributed by atoms with E-state index in [-0.39, 0.29) is 23.8 Å². The standard InChI is InChI=1S/C26H24N8O3/c27-10-14-5-6-18-20(9-14)33(13-28-18)25-30-23(32-11-15(35)12-32)22-24(31-25)34(26(37)29-22)19-7-8-21(36)17-4-2-1-3-16(17)19/h1-6,9,13,15,18-21,35-36H,7-8,11-12H2,(H,29,37)/t18?,19-,20?,21-/m1/s1. The van der Waals surface area contributed by atoms with Gasteiger partial charge in [-0.15, -0.1) is 0 Å². The van der Waals surface area contributed by atoms with E-state index < -0.39 is 12.2 Å². The number of hydrogen-bond donors (Lipinski definition) is 3. The van der Waals surface area contributed by atoms with Crippen molar-refractivity contribution in [1.82, 2.24) is 19.5 Å². The van der Waals surface area contributed by atoms with Crippen LogP contribution in [0.2, 0.25) is 0 Å². The molecule has 0 amide bonds. The topological polar surface area (TPSA) is 147 Å². The molecule has 11 nitrogen and oxygen atoms in total. The van der Waals surface area contributed by atoms with Crippen molar-refractivity contribution in [2.75, 3.05) is 22.9 Å². The molecule has 3 aromatic rings. The molecular formula is C26H24N8O3. The fraction of sp³-hybridized carbons (Fsp3) is 0.346. The van der Waals surface area contributed by atoms with Crippen LogP contribution in [0.25, 0.3) is 11.2 Å². The lowest BCUT2D eigenvalue weighted by Gasteiger charge is -2.37. The number of aromatic nitrogens is 4. The lowest BCUT2D eigenvalue weighted by Crippen LogP contribution is -2.51. The van der Waals surface area contributed by atoms with E-state index in [9.17, 15) is 20.3 Å². The second-order valence-electron chi connectivity index (χ2n) is 9.89. The van der Waals surface area contributed by atoms with E-state index in [1.54, 1.807) is 17.0 Å². The van der Waals surface area contributed by atoms with E-state index in [0.717, 1.165) is 11.1 Å². The Morgan fingerprint density at radius 3 is 2.70 bits per heavy atom. The van der Waals surface area contributed by atoms with Crippen LogP contribution in [-0.2, 0) is 0 Å². The van der Waals surface area contributed by atoms with E-state index in [1.165, 1.54) is 0 Å². The summed E-state index contributed by atoms with van der Waals surface area (Å²) in [4.78, 5) is 34.4. The average molecular weight is 497 g/mol. The number of nitriles is 1. The summed E-state index contributed by atoms with van der Waals surface area (Å²) in [7, 11) is 0. The van der Waals surface area contributed by atoms with E-state index >= 15 is 0 Å². The zero-order valence-corrected chi connectivity index (χ0v) is 19.8. The van der Waals surface area contributed by atoms with Crippen LogP contribution in [0.1, 0.15) is 36.1 Å². The van der Waals surface area contributed by atoms with E-state index in [4.69, 9.17) is 9.97 Å². The Kier molecular flexibility index (Phi) is 4.82. The molecular weight excluding hydrogens is 472 g/mol. The number of nitrogens with one attached hydrogen (secondary N) is 1. The summed E-state index contributed by atoms with van der Waals surface area (Å²) in [6.07, 6.45) is 7.25. The van der Waals surface area contributed by atoms with Gasteiger partial charge in [-0.25, -0.2) is 4.79 Å². The Bertz CT molecular complexity index is 1610. The third kappa shape index (κ3) is 3.33. The highest BCUT2D eigenvalue weighted by Crippen LogP contribution is 2.40. The van der Waals surface area contributed by atoms with Crippen LogP contribution in [0.5, 0.6) is 0 Å². The third-order valence-corrected chi connectivity index (χ3v) is 7.66. The molecule has 4 atom stereocenters. The molecule has 0 bridgehead atoms. The molecule has 0 radical (unpaired) electrons. The monoisotopic (exact) mass is 496 g/mol. The fourth-order valence-corrected chi connectivity index (χ4v) is 5.77. The van der Waals surface area contributed by atoms with Crippen LogP contribution in [0.15, 0.2) is 57.9 Å². The summed E-state index contributed by atoms with van der Waals surface area (Å²) in [5.41, 5.74) is 2.91. The molecule has 37 heavy (non-hydrogen) atoms. The Balaban J connectivity index is 1.41. The van der Waals surface area contributed by atoms with Crippen LogP contribution in [0.4, 0.5) is 11.8 Å². The molecule has 1 fully saturated rings. The normalized spacial score (nSPS) is 26.6. The molecule has 4 aliphatic rings. The van der Waals surface area contributed by atoms with Gasteiger partial charge in [0.15, 0.2) is 11.5 Å². The number of aromatic amines is 1. The maximum absolute atomic E-state index is 13.4. The number of anilines is 2. The quantitative estimate of drug-likeness (QED) is 0.492. The molecule has 1 aromatic carbocycles. The van der Waals surface area contributed by atoms with Crippen molar-refractivity contribution >= 4 is 29.3 Å². The minimum atomic E-state index is -0.574. The van der Waals surface area contributed by atoms with Gasteiger partial charge in [0.05, 0.1) is 42.7 Å². The smallest absolute Gasteiger partial charge is 0.328 e. The zero-order valence-electron chi connectivity index (χ0n) is 19.8. The van der Waals surface area contributed by atoms with Gasteiger partial charge in [-0.2, -0.15) is 15.2 Å². The first kappa shape index (κ1) is 22.0. The summed E-state index contributed by atoms with van der Waals surface area (Å²) in [6, 6.07) is 9.11. The molecule has 1 saturated heterocycles. The molecule has 0 saturated carbocycles. The highest BCUT2D eigenvalue weighted by molar-refractivity contribution is 5.89. The number of aliphatic hydroxyl groups is 2. The Hall–Kier alpha value is -4.27. The number of H-pyrrole nitrogens is 1. The van der Waals surface area contributed by atoms with Crippen molar-refractivity contribution in [3.8, 4) is 6.07 Å². The first-order valence-corrected chi connectivity index (χ1v) is 12.4. The van der Waals surface area contributed by atoms with Crippen molar-refractivity contribution in [3.63, 3.8) is 0 Å². The van der Waals surface area contributed by atoms with E-state index in [1.807, 2.05) is 46.2 Å². The second kappa shape index (κ2) is 8.12. The van der Waals surface area contributed by atoms with Gasteiger partial charge in [-0.3, -0.25) is 14.5 Å². The van der Waals surface area contributed by atoms with Gasteiger partial charge in [0.2, 0.25) is 5.95 Å². The molecule has 0 spiro atoms. The van der Waals surface area contributed by atoms with Crippen molar-refractivity contribution in [2.24, 2.45) is 4.99 Å². The third-order valence-electron chi connectivity index (χ3n) is 7.66. The molecule has 11 heteroatoms. The van der Waals surface area contributed by atoms with Crippen molar-refractivity contribution in [3.05, 3.63) is 69.7 Å². The summed E-state index contributed by atoms with van der Waals surface area (Å²) in [5.74, 6) is 0.902. The van der Waals surface area contributed by atoms with E-state index in [2.05, 4.69) is 16.0 Å². The molecule has 2 aromatic heterocycles. The second-order valence-corrected chi connectivity index (χ2v) is 9.89. The average Bonchev–Trinajstić information content (AvgIpc) is 3.47. The number of allylic oxidation sites excluding steroid dienone is 2. The van der Waals surface area contributed by atoms with Gasteiger partial charge in [0, 0.05) is 18.7 Å². The number of aliphatic imine (C=N–C) groups is 1. The number of hydrogen-bond acceptors (Lipinski definition) is 9. The lowest BCUT2D eigenvalue weighted by molar-refractivity contribution is 0.141. The van der Waals surface area contributed by atoms with Crippen LogP contribution in [0.3, 0.4) is 0 Å². The molecule has 3 N–H and O–H groups in total. The van der Waals surface area contributed by atoms with Gasteiger partial charge in [0.25, 0.3) is 0 Å². The molecule has 2 unspecified atom stereocenters. The number of nitrogens with zero attached hydrogens (tertiary/aromatic N) is 7. The predicted molar refractivity (Wildman–Crippen MR) is 137 cm³/mol. The Morgan fingerprint density at radius 1 is 1.11 bits per heavy atom. The van der Waals surface area contributed by atoms with Gasteiger partial charge >= 0.3 is 5.69 Å². The number of aliphatic hydroxyl groups excluding tert-OH is 2. The maximum Gasteiger partial charge on any atom is 0.328 e. The predicted octanol–water partition coefficient (Wildman–Crippen LogP) is 1.32. The van der Waals surface area contributed by atoms with Gasteiger partial charge in [-0.05, 0) is 36.1 Å². The fourth-order valence-electron chi connectivity index (χ4n) is 5.77. The van der Waals surface area contributed by atoms with Crippen molar-refractivity contribution < 1.29 is 10.2 Å². The zero-order chi connectivity index (χ0) is 25.3. The van der Waals surface area contributed by atoms with Gasteiger partial charge in [0.1, 0.15) is 5.52 Å². The Labute approximate surface area is 211 Å². The Morgan fingerprint density at radius 2 is 1.92 bits per heavy atom. The molecule has 2 aliphatic heterocycles. The van der Waals surface area contributed by atoms with Gasteiger partial charge < -0.3 is 20.1 Å². The van der Waals surface area contributed by atoms with Crippen LogP contribution in [-0.4, -0.2) is 67.3 Å². The van der Waals surface area contributed by atoms with E-state index in [0.29, 0.717) is 54.4 Å².